The molecular weight excluding hydrogens is 314 g/mol. The van der Waals surface area contributed by atoms with E-state index in [9.17, 15) is 0 Å². The highest BCUT2D eigenvalue weighted by Crippen LogP contribution is 2.37. The molecule has 4 atom stereocenters. The summed E-state index contributed by atoms with van der Waals surface area (Å²) in [5.74, 6) is 2.14. The van der Waals surface area contributed by atoms with Crippen LogP contribution in [0.15, 0.2) is 18.2 Å². The molecule has 2 saturated heterocycles. The van der Waals surface area contributed by atoms with Gasteiger partial charge in [-0.05, 0) is 68.9 Å². The topological polar surface area (TPSA) is 28.2 Å². The van der Waals surface area contributed by atoms with Crippen LogP contribution >= 0.6 is 11.3 Å². The van der Waals surface area contributed by atoms with E-state index in [0.29, 0.717) is 17.9 Å². The fourth-order valence-electron chi connectivity index (χ4n) is 4.34. The normalized spacial score (nSPS) is 32.3. The van der Waals surface area contributed by atoms with Crippen LogP contribution in [-0.4, -0.2) is 36.6 Å². The fraction of sp³-hybridized carbons (Fsp3) is 0.650. The highest BCUT2D eigenvalue weighted by molar-refractivity contribution is 7.18. The SMILES string of the molecule is C[C@H]1CC[C@H](c2ccc3sc([C@@H]4CCN(C)C[C@H]4C)nc3c2)NC1. The van der Waals surface area contributed by atoms with E-state index in [-0.39, 0.29) is 0 Å². The number of nitrogens with one attached hydrogen (secondary N) is 1. The van der Waals surface area contributed by atoms with Crippen LogP contribution in [0.3, 0.4) is 0 Å². The molecule has 24 heavy (non-hydrogen) atoms. The molecule has 0 bridgehead atoms. The van der Waals surface area contributed by atoms with E-state index in [4.69, 9.17) is 4.98 Å². The molecule has 0 spiro atoms. The lowest BCUT2D eigenvalue weighted by atomic mass is 9.88. The molecule has 0 radical (unpaired) electrons. The highest BCUT2D eigenvalue weighted by Gasteiger charge is 2.28. The van der Waals surface area contributed by atoms with Crippen molar-refractivity contribution in [2.45, 2.75) is 45.1 Å². The van der Waals surface area contributed by atoms with Gasteiger partial charge in [-0.1, -0.05) is 19.9 Å². The van der Waals surface area contributed by atoms with E-state index in [1.165, 1.54) is 53.1 Å². The summed E-state index contributed by atoms with van der Waals surface area (Å²) in [6.07, 6.45) is 3.81. The molecule has 3 heterocycles. The van der Waals surface area contributed by atoms with Crippen LogP contribution in [0.4, 0.5) is 0 Å². The van der Waals surface area contributed by atoms with Crippen molar-refractivity contribution in [1.29, 1.82) is 0 Å². The molecule has 2 aliphatic heterocycles. The average Bonchev–Trinajstić information content (AvgIpc) is 2.98. The van der Waals surface area contributed by atoms with Crippen molar-refractivity contribution in [3.8, 4) is 0 Å². The summed E-state index contributed by atoms with van der Waals surface area (Å²) < 4.78 is 1.35. The van der Waals surface area contributed by atoms with E-state index in [2.05, 4.69) is 49.3 Å². The van der Waals surface area contributed by atoms with Gasteiger partial charge < -0.3 is 10.2 Å². The summed E-state index contributed by atoms with van der Waals surface area (Å²) in [4.78, 5) is 7.50. The van der Waals surface area contributed by atoms with Crippen molar-refractivity contribution < 1.29 is 0 Å². The Balaban J connectivity index is 1.57. The number of hydrogen-bond donors (Lipinski definition) is 1. The number of hydrogen-bond acceptors (Lipinski definition) is 4. The van der Waals surface area contributed by atoms with Crippen molar-refractivity contribution in [3.63, 3.8) is 0 Å². The lowest BCUT2D eigenvalue weighted by Crippen LogP contribution is -2.35. The smallest absolute Gasteiger partial charge is 0.0973 e. The molecule has 1 N–H and O–H groups in total. The summed E-state index contributed by atoms with van der Waals surface area (Å²) in [5.41, 5.74) is 2.63. The molecule has 4 heteroatoms. The van der Waals surface area contributed by atoms with Gasteiger partial charge in [0.25, 0.3) is 0 Å². The van der Waals surface area contributed by atoms with Gasteiger partial charge in [-0.3, -0.25) is 0 Å². The van der Waals surface area contributed by atoms with Crippen LogP contribution in [0.1, 0.15) is 55.6 Å². The van der Waals surface area contributed by atoms with Gasteiger partial charge in [0, 0.05) is 18.5 Å². The molecule has 0 saturated carbocycles. The number of aromatic nitrogens is 1. The standard InChI is InChI=1S/C20H29N3S/c1-13-4-6-17(21-11-13)15-5-7-19-18(10-15)22-20(24-19)16-8-9-23(3)12-14(16)2/h5,7,10,13-14,16-17,21H,4,6,8-9,11-12H2,1-3H3/t13-,14+,16+,17+/m0/s1. The molecular formula is C20H29N3S. The van der Waals surface area contributed by atoms with Crippen LogP contribution in [-0.2, 0) is 0 Å². The van der Waals surface area contributed by atoms with Crippen LogP contribution in [0.25, 0.3) is 10.2 Å². The first-order chi connectivity index (χ1) is 11.6. The maximum Gasteiger partial charge on any atom is 0.0973 e. The largest absolute Gasteiger partial charge is 0.310 e. The maximum atomic E-state index is 5.05. The Labute approximate surface area is 149 Å². The quantitative estimate of drug-likeness (QED) is 0.875. The Morgan fingerprint density at radius 1 is 1.21 bits per heavy atom. The first kappa shape index (κ1) is 16.5. The van der Waals surface area contributed by atoms with Crippen molar-refractivity contribution in [3.05, 3.63) is 28.8 Å². The Morgan fingerprint density at radius 3 is 2.83 bits per heavy atom. The Bertz CT molecular complexity index is 702. The Hall–Kier alpha value is -0.970. The van der Waals surface area contributed by atoms with Gasteiger partial charge in [-0.15, -0.1) is 11.3 Å². The van der Waals surface area contributed by atoms with E-state index in [0.717, 1.165) is 12.5 Å². The van der Waals surface area contributed by atoms with E-state index < -0.39 is 0 Å². The fourth-order valence-corrected chi connectivity index (χ4v) is 5.56. The molecule has 1 aromatic heterocycles. The van der Waals surface area contributed by atoms with Crippen molar-refractivity contribution in [2.24, 2.45) is 11.8 Å². The minimum atomic E-state index is 0.512. The minimum Gasteiger partial charge on any atom is -0.310 e. The second kappa shape index (κ2) is 6.74. The number of benzene rings is 1. The zero-order valence-corrected chi connectivity index (χ0v) is 15.9. The van der Waals surface area contributed by atoms with E-state index >= 15 is 0 Å². The number of nitrogens with zero attached hydrogens (tertiary/aromatic N) is 2. The Morgan fingerprint density at radius 2 is 2.08 bits per heavy atom. The molecule has 130 valence electrons. The number of thiazole rings is 1. The summed E-state index contributed by atoms with van der Waals surface area (Å²) in [7, 11) is 2.23. The lowest BCUT2D eigenvalue weighted by molar-refractivity contribution is 0.195. The molecule has 0 aliphatic carbocycles. The maximum absolute atomic E-state index is 5.05. The van der Waals surface area contributed by atoms with Crippen LogP contribution < -0.4 is 5.32 Å². The Kier molecular flexibility index (Phi) is 4.63. The first-order valence-electron chi connectivity index (χ1n) is 9.42. The zero-order chi connectivity index (χ0) is 16.7. The van der Waals surface area contributed by atoms with Gasteiger partial charge in [0.15, 0.2) is 0 Å². The summed E-state index contributed by atoms with van der Waals surface area (Å²) in [5, 5.41) is 5.06. The van der Waals surface area contributed by atoms with Crippen LogP contribution in [0.5, 0.6) is 0 Å². The summed E-state index contributed by atoms with van der Waals surface area (Å²) >= 11 is 1.91. The highest BCUT2D eigenvalue weighted by atomic mass is 32.1. The molecule has 4 rings (SSSR count). The average molecular weight is 344 g/mol. The number of fused-ring (bicyclic) bond motifs is 1. The number of rotatable bonds is 2. The van der Waals surface area contributed by atoms with E-state index in [1.54, 1.807) is 0 Å². The van der Waals surface area contributed by atoms with Crippen LogP contribution in [0, 0.1) is 11.8 Å². The van der Waals surface area contributed by atoms with Gasteiger partial charge >= 0.3 is 0 Å². The second-order valence-corrected chi connectivity index (χ2v) is 9.12. The van der Waals surface area contributed by atoms with Gasteiger partial charge in [-0.2, -0.15) is 0 Å². The molecule has 2 aliphatic rings. The third-order valence-electron chi connectivity index (χ3n) is 5.92. The lowest BCUT2D eigenvalue weighted by Gasteiger charge is -2.33. The third kappa shape index (κ3) is 3.24. The minimum absolute atomic E-state index is 0.512. The van der Waals surface area contributed by atoms with Gasteiger partial charge in [-0.25, -0.2) is 4.98 Å². The first-order valence-corrected chi connectivity index (χ1v) is 10.2. The van der Waals surface area contributed by atoms with Gasteiger partial charge in [0.05, 0.1) is 15.2 Å². The molecule has 0 amide bonds. The summed E-state index contributed by atoms with van der Waals surface area (Å²) in [6, 6.07) is 7.46. The monoisotopic (exact) mass is 343 g/mol. The zero-order valence-electron chi connectivity index (χ0n) is 15.1. The second-order valence-electron chi connectivity index (χ2n) is 8.06. The number of piperidine rings is 2. The molecule has 2 aromatic rings. The number of likely N-dealkylation sites (tertiary alicyclic amines) is 1. The molecule has 2 fully saturated rings. The van der Waals surface area contributed by atoms with Gasteiger partial charge in [0.2, 0.25) is 0 Å². The molecule has 0 unspecified atom stereocenters. The van der Waals surface area contributed by atoms with Crippen molar-refractivity contribution in [1.82, 2.24) is 15.2 Å². The van der Waals surface area contributed by atoms with Crippen molar-refractivity contribution in [2.75, 3.05) is 26.7 Å². The van der Waals surface area contributed by atoms with Crippen LogP contribution in [0.2, 0.25) is 0 Å². The predicted molar refractivity (Wildman–Crippen MR) is 103 cm³/mol. The van der Waals surface area contributed by atoms with Gasteiger partial charge in [0.1, 0.15) is 0 Å². The molecule has 3 nitrogen and oxygen atoms in total. The third-order valence-corrected chi connectivity index (χ3v) is 7.09. The summed E-state index contributed by atoms with van der Waals surface area (Å²) in [6.45, 7) is 8.24. The van der Waals surface area contributed by atoms with Crippen molar-refractivity contribution >= 4 is 21.6 Å². The van der Waals surface area contributed by atoms with E-state index in [1.807, 2.05) is 11.3 Å². The molecule has 1 aromatic carbocycles. The predicted octanol–water partition coefficient (Wildman–Crippen LogP) is 4.41.